The lowest BCUT2D eigenvalue weighted by molar-refractivity contribution is -0.123. The van der Waals surface area contributed by atoms with Gasteiger partial charge in [0, 0.05) is 25.2 Å². The number of hydrogen-bond acceptors (Lipinski definition) is 6. The first-order valence-corrected chi connectivity index (χ1v) is 8.99. The quantitative estimate of drug-likeness (QED) is 0.758. The van der Waals surface area contributed by atoms with Crippen LogP contribution in [0.2, 0.25) is 0 Å². The van der Waals surface area contributed by atoms with Crippen molar-refractivity contribution in [2.24, 2.45) is 13.0 Å². The highest BCUT2D eigenvalue weighted by Crippen LogP contribution is 2.29. The summed E-state index contributed by atoms with van der Waals surface area (Å²) in [6.07, 6.45) is 1.88. The molecule has 2 amide bonds. The number of imidazole rings is 1. The number of carbonyl (C=O) groups is 3. The molecule has 1 aromatic heterocycles. The van der Waals surface area contributed by atoms with E-state index in [4.69, 9.17) is 9.47 Å². The van der Waals surface area contributed by atoms with Gasteiger partial charge in [-0.3, -0.25) is 4.79 Å². The number of ether oxygens (including phenoxy) is 2. The zero-order valence-electron chi connectivity index (χ0n) is 16.7. The topological polar surface area (TPSA) is 112 Å². The Kier molecular flexibility index (Phi) is 6.12. The molecule has 0 spiro atoms. The van der Waals surface area contributed by atoms with Gasteiger partial charge in [0.2, 0.25) is 11.7 Å². The van der Waals surface area contributed by atoms with E-state index in [1.165, 1.54) is 4.57 Å². The number of carbonyl (C=O) groups excluding carboxylic acids is 3. The Morgan fingerprint density at radius 1 is 1.26 bits per heavy atom. The number of nitrogens with zero attached hydrogens (tertiary/aromatic N) is 2. The van der Waals surface area contributed by atoms with Crippen LogP contribution in [-0.2, 0) is 21.3 Å². The zero-order chi connectivity index (χ0) is 20.4. The summed E-state index contributed by atoms with van der Waals surface area (Å²) in [5.41, 5.74) is -0.558. The Balaban J connectivity index is 1.82. The first-order valence-electron chi connectivity index (χ1n) is 8.99. The Morgan fingerprint density at radius 3 is 2.44 bits per heavy atom. The number of anilines is 1. The van der Waals surface area contributed by atoms with Gasteiger partial charge in [-0.2, -0.15) is 0 Å². The van der Waals surface area contributed by atoms with Crippen molar-refractivity contribution in [2.75, 3.05) is 5.32 Å². The fourth-order valence-corrected chi connectivity index (χ4v) is 2.64. The van der Waals surface area contributed by atoms with Gasteiger partial charge < -0.3 is 24.7 Å². The second-order valence-corrected chi connectivity index (χ2v) is 8.02. The largest absolute Gasteiger partial charge is 0.457 e. The van der Waals surface area contributed by atoms with Gasteiger partial charge in [0.15, 0.2) is 5.82 Å². The van der Waals surface area contributed by atoms with Crippen LogP contribution in [0.4, 0.5) is 10.6 Å². The van der Waals surface area contributed by atoms with Gasteiger partial charge in [-0.1, -0.05) is 0 Å². The molecule has 2 rings (SSSR count). The maximum atomic E-state index is 12.3. The van der Waals surface area contributed by atoms with Crippen LogP contribution < -0.4 is 10.6 Å². The van der Waals surface area contributed by atoms with Crippen molar-refractivity contribution in [1.82, 2.24) is 14.9 Å². The second-order valence-electron chi connectivity index (χ2n) is 8.02. The van der Waals surface area contributed by atoms with E-state index in [9.17, 15) is 14.4 Å². The highest BCUT2D eigenvalue weighted by Gasteiger charge is 2.36. The molecular weight excluding hydrogens is 352 g/mol. The number of alkyl carbamates (subject to hydrolysis) is 1. The van der Waals surface area contributed by atoms with E-state index >= 15 is 0 Å². The molecule has 1 aliphatic rings. The zero-order valence-corrected chi connectivity index (χ0v) is 16.7. The van der Waals surface area contributed by atoms with Crippen molar-refractivity contribution >= 4 is 23.8 Å². The third-order valence-electron chi connectivity index (χ3n) is 3.88. The van der Waals surface area contributed by atoms with Crippen LogP contribution in [0, 0.1) is 5.92 Å². The number of aryl methyl sites for hydroxylation is 1. The second kappa shape index (κ2) is 7.98. The SMILES string of the molecule is CC(C)OC(=O)c1nc(NC(=O)C2CC(NC(=O)OC(C)(C)C)C2)cn1C. The maximum absolute atomic E-state index is 12.3. The fraction of sp³-hybridized carbons (Fsp3) is 0.667. The molecule has 0 aromatic carbocycles. The third-order valence-corrected chi connectivity index (χ3v) is 3.88. The maximum Gasteiger partial charge on any atom is 0.407 e. The van der Waals surface area contributed by atoms with Crippen molar-refractivity contribution in [3.05, 3.63) is 12.0 Å². The monoisotopic (exact) mass is 380 g/mol. The lowest BCUT2D eigenvalue weighted by Gasteiger charge is -2.34. The molecule has 9 heteroatoms. The predicted octanol–water partition coefficient (Wildman–Crippen LogP) is 2.23. The first kappa shape index (κ1) is 20.7. The van der Waals surface area contributed by atoms with Gasteiger partial charge >= 0.3 is 12.1 Å². The van der Waals surface area contributed by atoms with Crippen molar-refractivity contribution in [2.45, 2.75) is 65.2 Å². The summed E-state index contributed by atoms with van der Waals surface area (Å²) in [5, 5.41) is 5.45. The van der Waals surface area contributed by atoms with Gasteiger partial charge in [0.25, 0.3) is 0 Å². The molecule has 0 saturated heterocycles. The molecule has 150 valence electrons. The summed E-state index contributed by atoms with van der Waals surface area (Å²) in [6.45, 7) is 8.88. The summed E-state index contributed by atoms with van der Waals surface area (Å²) in [5.74, 6) is -0.547. The average molecular weight is 380 g/mol. The minimum absolute atomic E-state index is 0.0871. The normalized spacial score (nSPS) is 19.2. The van der Waals surface area contributed by atoms with E-state index in [1.807, 2.05) is 0 Å². The number of hydrogen-bond donors (Lipinski definition) is 2. The molecule has 0 atom stereocenters. The number of esters is 1. The smallest absolute Gasteiger partial charge is 0.407 e. The summed E-state index contributed by atoms with van der Waals surface area (Å²) in [7, 11) is 1.66. The Labute approximate surface area is 158 Å². The fourth-order valence-electron chi connectivity index (χ4n) is 2.64. The summed E-state index contributed by atoms with van der Waals surface area (Å²) >= 11 is 0. The van der Waals surface area contributed by atoms with E-state index < -0.39 is 17.7 Å². The molecule has 0 bridgehead atoms. The van der Waals surface area contributed by atoms with Crippen LogP contribution in [0.15, 0.2) is 6.20 Å². The molecule has 1 fully saturated rings. The average Bonchev–Trinajstić information content (AvgIpc) is 2.80. The van der Waals surface area contributed by atoms with Gasteiger partial charge in [-0.25, -0.2) is 14.6 Å². The summed E-state index contributed by atoms with van der Waals surface area (Å²) < 4.78 is 11.8. The molecule has 0 aliphatic heterocycles. The lowest BCUT2D eigenvalue weighted by Crippen LogP contribution is -2.49. The third kappa shape index (κ3) is 5.97. The molecule has 0 unspecified atom stereocenters. The van der Waals surface area contributed by atoms with Crippen molar-refractivity contribution in [1.29, 1.82) is 0 Å². The van der Waals surface area contributed by atoms with Crippen molar-refractivity contribution in [3.8, 4) is 0 Å². The molecule has 1 saturated carbocycles. The van der Waals surface area contributed by atoms with Crippen molar-refractivity contribution in [3.63, 3.8) is 0 Å². The minimum Gasteiger partial charge on any atom is -0.457 e. The minimum atomic E-state index is -0.558. The van der Waals surface area contributed by atoms with E-state index in [0.717, 1.165) is 0 Å². The van der Waals surface area contributed by atoms with Crippen LogP contribution >= 0.6 is 0 Å². The van der Waals surface area contributed by atoms with E-state index in [2.05, 4.69) is 15.6 Å². The Bertz CT molecular complexity index is 714. The number of nitrogens with one attached hydrogen (secondary N) is 2. The molecule has 1 aromatic rings. The van der Waals surface area contributed by atoms with Crippen LogP contribution in [0.1, 0.15) is 58.1 Å². The highest BCUT2D eigenvalue weighted by molar-refractivity contribution is 5.93. The first-order chi connectivity index (χ1) is 12.4. The molecule has 27 heavy (non-hydrogen) atoms. The van der Waals surface area contributed by atoms with Gasteiger partial charge in [-0.15, -0.1) is 0 Å². The summed E-state index contributed by atoms with van der Waals surface area (Å²) in [6, 6.07) is -0.0871. The van der Waals surface area contributed by atoms with Gasteiger partial charge in [0.05, 0.1) is 6.10 Å². The van der Waals surface area contributed by atoms with Gasteiger partial charge in [-0.05, 0) is 47.5 Å². The standard InChI is InChI=1S/C18H28N4O5/c1-10(2)26-16(24)14-20-13(9-22(14)6)21-15(23)11-7-12(8-11)19-17(25)27-18(3,4)5/h9-12H,7-8H2,1-6H3,(H,19,25)(H,21,23). The van der Waals surface area contributed by atoms with Crippen molar-refractivity contribution < 1.29 is 23.9 Å². The number of aromatic nitrogens is 2. The van der Waals surface area contributed by atoms with Crippen LogP contribution in [0.5, 0.6) is 0 Å². The summed E-state index contributed by atoms with van der Waals surface area (Å²) in [4.78, 5) is 40.1. The van der Waals surface area contributed by atoms with Gasteiger partial charge in [0.1, 0.15) is 5.60 Å². The highest BCUT2D eigenvalue weighted by atomic mass is 16.6. The number of amides is 2. The van der Waals surface area contributed by atoms with E-state index in [-0.39, 0.29) is 29.8 Å². The van der Waals surface area contributed by atoms with Crippen LogP contribution in [-0.4, -0.2) is 45.3 Å². The lowest BCUT2D eigenvalue weighted by atomic mass is 9.79. The molecule has 2 N–H and O–H groups in total. The molecular formula is C18H28N4O5. The Morgan fingerprint density at radius 2 is 1.89 bits per heavy atom. The molecule has 0 radical (unpaired) electrons. The Hall–Kier alpha value is -2.58. The molecule has 1 aliphatic carbocycles. The van der Waals surface area contributed by atoms with E-state index in [0.29, 0.717) is 18.7 Å². The van der Waals surface area contributed by atoms with Crippen LogP contribution in [0.25, 0.3) is 0 Å². The molecule has 1 heterocycles. The van der Waals surface area contributed by atoms with E-state index in [1.54, 1.807) is 47.9 Å². The molecule has 9 nitrogen and oxygen atoms in total. The van der Waals surface area contributed by atoms with Crippen LogP contribution in [0.3, 0.4) is 0 Å². The predicted molar refractivity (Wildman–Crippen MR) is 98.3 cm³/mol. The number of rotatable bonds is 5.